The van der Waals surface area contributed by atoms with Gasteiger partial charge in [0, 0.05) is 52.7 Å². The molecule has 1 fully saturated rings. The average Bonchev–Trinajstić information content (AvgIpc) is 2.71. The van der Waals surface area contributed by atoms with Gasteiger partial charge in [0.05, 0.1) is 6.54 Å². The smallest absolute Gasteiger partial charge is 0.422 e. The Labute approximate surface area is 175 Å². The molecule has 1 heterocycles. The van der Waals surface area contributed by atoms with Crippen LogP contribution in [0.5, 0.6) is 5.75 Å². The van der Waals surface area contributed by atoms with Gasteiger partial charge in [0.1, 0.15) is 5.75 Å². The number of hydrogen-bond donors (Lipinski definition) is 2. The summed E-state index contributed by atoms with van der Waals surface area (Å²) in [6.45, 7) is 8.18. The Kier molecular flexibility index (Phi) is 9.22. The molecule has 7 nitrogen and oxygen atoms in total. The molecule has 2 N–H and O–H groups in total. The van der Waals surface area contributed by atoms with E-state index in [0.29, 0.717) is 19.0 Å². The molecule has 10 heteroatoms. The fourth-order valence-corrected chi connectivity index (χ4v) is 2.99. The lowest BCUT2D eigenvalue weighted by Gasteiger charge is -2.34. The molecule has 2 rings (SSSR count). The van der Waals surface area contributed by atoms with Crippen molar-refractivity contribution in [2.45, 2.75) is 26.6 Å². The van der Waals surface area contributed by atoms with E-state index in [1.165, 1.54) is 12.1 Å². The minimum absolute atomic E-state index is 0.120. The molecule has 1 aromatic carbocycles. The summed E-state index contributed by atoms with van der Waals surface area (Å²) in [5.41, 5.74) is 0.868. The Hall–Kier alpha value is -2.49. The first-order valence-corrected chi connectivity index (χ1v) is 10.1. The van der Waals surface area contributed by atoms with E-state index >= 15 is 0 Å². The number of nitrogens with zero attached hydrogens (tertiary/aromatic N) is 3. The van der Waals surface area contributed by atoms with Crippen LogP contribution in [0.1, 0.15) is 19.4 Å². The Morgan fingerprint density at radius 3 is 2.37 bits per heavy atom. The average molecular weight is 429 g/mol. The fourth-order valence-electron chi connectivity index (χ4n) is 2.99. The molecular formula is C20H30F3N5O2. The molecule has 0 unspecified atom stereocenters. The highest BCUT2D eigenvalue weighted by atomic mass is 19.4. The van der Waals surface area contributed by atoms with Crippen molar-refractivity contribution >= 4 is 11.9 Å². The number of alkyl halides is 3. The zero-order chi connectivity index (χ0) is 22.0. The van der Waals surface area contributed by atoms with E-state index in [-0.39, 0.29) is 11.7 Å². The highest BCUT2D eigenvalue weighted by Gasteiger charge is 2.28. The Balaban J connectivity index is 1.76. The van der Waals surface area contributed by atoms with Crippen molar-refractivity contribution in [3.05, 3.63) is 29.8 Å². The van der Waals surface area contributed by atoms with Gasteiger partial charge in [-0.1, -0.05) is 12.1 Å². The predicted molar refractivity (Wildman–Crippen MR) is 110 cm³/mol. The van der Waals surface area contributed by atoms with Crippen LogP contribution in [-0.4, -0.2) is 80.3 Å². The van der Waals surface area contributed by atoms with Crippen molar-refractivity contribution in [3.63, 3.8) is 0 Å². The number of benzene rings is 1. The van der Waals surface area contributed by atoms with Gasteiger partial charge in [0.15, 0.2) is 12.6 Å². The van der Waals surface area contributed by atoms with Gasteiger partial charge in [0.2, 0.25) is 5.91 Å². The van der Waals surface area contributed by atoms with E-state index in [2.05, 4.69) is 20.5 Å². The summed E-state index contributed by atoms with van der Waals surface area (Å²) in [6.07, 6.45) is -4.35. The number of guanidine groups is 1. The maximum atomic E-state index is 12.2. The van der Waals surface area contributed by atoms with Crippen LogP contribution in [0.3, 0.4) is 0 Å². The topological polar surface area (TPSA) is 69.2 Å². The predicted octanol–water partition coefficient (Wildman–Crippen LogP) is 1.85. The van der Waals surface area contributed by atoms with Gasteiger partial charge in [-0.3, -0.25) is 9.69 Å². The SMILES string of the molecule is CCNC(=NCc1ccc(OCC(F)(F)F)cc1)NCCN1CCN(C(C)=O)CC1. The van der Waals surface area contributed by atoms with Crippen molar-refractivity contribution in [3.8, 4) is 5.75 Å². The third-order valence-corrected chi connectivity index (χ3v) is 4.63. The molecule has 1 aliphatic heterocycles. The van der Waals surface area contributed by atoms with E-state index < -0.39 is 12.8 Å². The number of aliphatic imine (C=N–C) groups is 1. The third-order valence-electron chi connectivity index (χ3n) is 4.63. The van der Waals surface area contributed by atoms with Crippen molar-refractivity contribution in [1.29, 1.82) is 0 Å². The van der Waals surface area contributed by atoms with Crippen LogP contribution in [0.15, 0.2) is 29.3 Å². The van der Waals surface area contributed by atoms with E-state index in [9.17, 15) is 18.0 Å². The number of carbonyl (C=O) groups is 1. The number of halogens is 3. The summed E-state index contributed by atoms with van der Waals surface area (Å²) < 4.78 is 41.3. The molecule has 0 aromatic heterocycles. The summed E-state index contributed by atoms with van der Waals surface area (Å²) in [6, 6.07) is 6.43. The molecule has 0 radical (unpaired) electrons. The zero-order valence-corrected chi connectivity index (χ0v) is 17.5. The third kappa shape index (κ3) is 8.89. The van der Waals surface area contributed by atoms with Crippen molar-refractivity contribution in [2.24, 2.45) is 4.99 Å². The second-order valence-corrected chi connectivity index (χ2v) is 7.02. The Morgan fingerprint density at radius 1 is 1.13 bits per heavy atom. The van der Waals surface area contributed by atoms with Gasteiger partial charge >= 0.3 is 6.18 Å². The first-order chi connectivity index (χ1) is 14.3. The molecule has 0 spiro atoms. The maximum absolute atomic E-state index is 12.2. The lowest BCUT2D eigenvalue weighted by Crippen LogP contribution is -2.50. The van der Waals surface area contributed by atoms with E-state index in [1.54, 1.807) is 19.1 Å². The van der Waals surface area contributed by atoms with Crippen LogP contribution in [0.25, 0.3) is 0 Å². The first kappa shape index (κ1) is 23.8. The molecule has 1 amide bonds. The number of rotatable bonds is 8. The lowest BCUT2D eigenvalue weighted by atomic mass is 10.2. The monoisotopic (exact) mass is 429 g/mol. The summed E-state index contributed by atoms with van der Waals surface area (Å²) in [4.78, 5) is 20.1. The maximum Gasteiger partial charge on any atom is 0.422 e. The standard InChI is InChI=1S/C20H30F3N5O2/c1-3-24-19(25-8-9-27-10-12-28(13-11-27)16(2)29)26-14-17-4-6-18(7-5-17)30-15-20(21,22)23/h4-7H,3,8-15H2,1-2H3,(H2,24,25,26). The summed E-state index contributed by atoms with van der Waals surface area (Å²) in [5, 5.41) is 6.47. The van der Waals surface area contributed by atoms with Gasteiger partial charge in [0.25, 0.3) is 0 Å². The van der Waals surface area contributed by atoms with Gasteiger partial charge in [-0.05, 0) is 24.6 Å². The molecule has 0 bridgehead atoms. The van der Waals surface area contributed by atoms with Crippen LogP contribution < -0.4 is 15.4 Å². The number of hydrogen-bond acceptors (Lipinski definition) is 4. The summed E-state index contributed by atoms with van der Waals surface area (Å²) >= 11 is 0. The molecule has 0 atom stereocenters. The lowest BCUT2D eigenvalue weighted by molar-refractivity contribution is -0.153. The molecule has 0 aliphatic carbocycles. The quantitative estimate of drug-likeness (QED) is 0.488. The van der Waals surface area contributed by atoms with Crippen molar-refractivity contribution in [1.82, 2.24) is 20.4 Å². The molecule has 30 heavy (non-hydrogen) atoms. The number of ether oxygens (including phenoxy) is 1. The van der Waals surface area contributed by atoms with Crippen LogP contribution in [0, 0.1) is 0 Å². The highest BCUT2D eigenvalue weighted by Crippen LogP contribution is 2.19. The molecule has 1 aliphatic rings. The number of piperazine rings is 1. The summed E-state index contributed by atoms with van der Waals surface area (Å²) in [5.74, 6) is 0.974. The first-order valence-electron chi connectivity index (χ1n) is 10.1. The van der Waals surface area contributed by atoms with Crippen molar-refractivity contribution < 1.29 is 22.7 Å². The van der Waals surface area contributed by atoms with Crippen LogP contribution in [0.4, 0.5) is 13.2 Å². The Morgan fingerprint density at radius 2 is 1.80 bits per heavy atom. The van der Waals surface area contributed by atoms with Crippen molar-refractivity contribution in [2.75, 3.05) is 52.4 Å². The van der Waals surface area contributed by atoms with Crippen LogP contribution >= 0.6 is 0 Å². The second kappa shape index (κ2) is 11.6. The summed E-state index contributed by atoms with van der Waals surface area (Å²) in [7, 11) is 0. The zero-order valence-electron chi connectivity index (χ0n) is 17.5. The second-order valence-electron chi connectivity index (χ2n) is 7.02. The molecule has 0 saturated carbocycles. The number of nitrogens with one attached hydrogen (secondary N) is 2. The fraction of sp³-hybridized carbons (Fsp3) is 0.600. The molecule has 1 aromatic rings. The Bertz CT molecular complexity index is 687. The largest absolute Gasteiger partial charge is 0.484 e. The van der Waals surface area contributed by atoms with Gasteiger partial charge < -0.3 is 20.3 Å². The number of amides is 1. The molecular weight excluding hydrogens is 399 g/mol. The highest BCUT2D eigenvalue weighted by molar-refractivity contribution is 5.79. The normalized spacial score (nSPS) is 15.8. The molecule has 1 saturated heterocycles. The van der Waals surface area contributed by atoms with Crippen LogP contribution in [-0.2, 0) is 11.3 Å². The number of carbonyl (C=O) groups excluding carboxylic acids is 1. The van der Waals surface area contributed by atoms with E-state index in [4.69, 9.17) is 4.74 Å². The van der Waals surface area contributed by atoms with E-state index in [1.807, 2.05) is 11.8 Å². The van der Waals surface area contributed by atoms with E-state index in [0.717, 1.165) is 44.8 Å². The molecule has 168 valence electrons. The van der Waals surface area contributed by atoms with Gasteiger partial charge in [-0.25, -0.2) is 4.99 Å². The minimum atomic E-state index is -4.35. The van der Waals surface area contributed by atoms with Gasteiger partial charge in [-0.2, -0.15) is 13.2 Å². The minimum Gasteiger partial charge on any atom is -0.484 e. The van der Waals surface area contributed by atoms with Crippen LogP contribution in [0.2, 0.25) is 0 Å². The van der Waals surface area contributed by atoms with Gasteiger partial charge in [-0.15, -0.1) is 0 Å².